The van der Waals surface area contributed by atoms with E-state index in [1.807, 2.05) is 24.3 Å². The molecule has 0 radical (unpaired) electrons. The molecule has 0 saturated carbocycles. The maximum atomic E-state index is 5.58. The fourth-order valence-electron chi connectivity index (χ4n) is 1.23. The summed E-state index contributed by atoms with van der Waals surface area (Å²) in [6.45, 7) is 0.489. The van der Waals surface area contributed by atoms with Crippen molar-refractivity contribution in [3.8, 4) is 11.3 Å². The number of benzene rings is 1. The molecule has 0 aliphatic heterocycles. The van der Waals surface area contributed by atoms with Crippen molar-refractivity contribution in [2.24, 2.45) is 5.73 Å². The topological polar surface area (TPSA) is 64.9 Å². The van der Waals surface area contributed by atoms with Gasteiger partial charge >= 0.3 is 0 Å². The fraction of sp³-hybridized carbons (Fsp3) is 0.111. The first kappa shape index (κ1) is 7.94. The average molecular weight is 175 g/mol. The third-order valence-electron chi connectivity index (χ3n) is 1.87. The molecular formula is C9H9N3O. The lowest BCUT2D eigenvalue weighted by atomic mass is 10.1. The van der Waals surface area contributed by atoms with E-state index >= 15 is 0 Å². The second kappa shape index (κ2) is 3.37. The Morgan fingerprint density at radius 1 is 1.31 bits per heavy atom. The van der Waals surface area contributed by atoms with Crippen LogP contribution in [-0.2, 0) is 6.54 Å². The fourth-order valence-corrected chi connectivity index (χ4v) is 1.23. The number of nitrogens with two attached hydrogens (primary N) is 1. The zero-order valence-electron chi connectivity index (χ0n) is 6.97. The Hall–Kier alpha value is -1.68. The lowest BCUT2D eigenvalue weighted by Crippen LogP contribution is -1.98. The molecule has 4 nitrogen and oxygen atoms in total. The molecule has 1 aromatic carbocycles. The van der Waals surface area contributed by atoms with E-state index in [0.717, 1.165) is 16.8 Å². The minimum Gasteiger partial charge on any atom is -0.345 e. The van der Waals surface area contributed by atoms with Crippen molar-refractivity contribution < 1.29 is 4.52 Å². The number of nitrogens with zero attached hydrogens (tertiary/aromatic N) is 2. The second-order valence-corrected chi connectivity index (χ2v) is 2.65. The van der Waals surface area contributed by atoms with Crippen LogP contribution in [0.3, 0.4) is 0 Å². The standard InChI is InChI=1S/C9H9N3O/c10-5-7-3-1-2-4-8(7)9-6-13-12-11-9/h1-4,6H,5,10H2. The zero-order chi connectivity index (χ0) is 9.10. The van der Waals surface area contributed by atoms with Gasteiger partial charge in [-0.2, -0.15) is 0 Å². The van der Waals surface area contributed by atoms with Crippen molar-refractivity contribution in [3.63, 3.8) is 0 Å². The van der Waals surface area contributed by atoms with Gasteiger partial charge in [-0.15, -0.1) is 5.10 Å². The number of rotatable bonds is 2. The van der Waals surface area contributed by atoms with Gasteiger partial charge in [-0.3, -0.25) is 0 Å². The molecule has 0 bridgehead atoms. The number of aromatic nitrogens is 2. The first-order valence-corrected chi connectivity index (χ1v) is 3.97. The van der Waals surface area contributed by atoms with Crippen molar-refractivity contribution >= 4 is 0 Å². The second-order valence-electron chi connectivity index (χ2n) is 2.65. The summed E-state index contributed by atoms with van der Waals surface area (Å²) in [6.07, 6.45) is 1.51. The van der Waals surface area contributed by atoms with Gasteiger partial charge in [0.25, 0.3) is 0 Å². The smallest absolute Gasteiger partial charge is 0.152 e. The van der Waals surface area contributed by atoms with Gasteiger partial charge < -0.3 is 10.3 Å². The molecule has 2 N–H and O–H groups in total. The van der Waals surface area contributed by atoms with Crippen LogP contribution in [0.5, 0.6) is 0 Å². The lowest BCUT2D eigenvalue weighted by molar-refractivity contribution is 0.393. The summed E-state index contributed by atoms with van der Waals surface area (Å²) in [6, 6.07) is 7.79. The Labute approximate surface area is 75.3 Å². The summed E-state index contributed by atoms with van der Waals surface area (Å²) in [7, 11) is 0. The summed E-state index contributed by atoms with van der Waals surface area (Å²) >= 11 is 0. The van der Waals surface area contributed by atoms with Crippen LogP contribution in [-0.4, -0.2) is 10.4 Å². The summed E-state index contributed by atoms with van der Waals surface area (Å²) < 4.78 is 4.67. The van der Waals surface area contributed by atoms with Crippen molar-refractivity contribution in [2.75, 3.05) is 0 Å². The van der Waals surface area contributed by atoms with E-state index in [0.29, 0.717) is 6.54 Å². The summed E-state index contributed by atoms with van der Waals surface area (Å²) in [5.41, 5.74) is 8.32. The molecular weight excluding hydrogens is 166 g/mol. The molecule has 0 aliphatic rings. The maximum absolute atomic E-state index is 5.58. The molecule has 1 aromatic heterocycles. The van der Waals surface area contributed by atoms with E-state index in [2.05, 4.69) is 14.9 Å². The summed E-state index contributed by atoms with van der Waals surface area (Å²) in [5.74, 6) is 0. The van der Waals surface area contributed by atoms with Crippen LogP contribution in [0.25, 0.3) is 11.3 Å². The third kappa shape index (κ3) is 1.43. The third-order valence-corrected chi connectivity index (χ3v) is 1.87. The van der Waals surface area contributed by atoms with Gasteiger partial charge in [-0.1, -0.05) is 24.3 Å². The molecule has 0 unspecified atom stereocenters. The molecule has 13 heavy (non-hydrogen) atoms. The van der Waals surface area contributed by atoms with Gasteiger partial charge in [-0.25, -0.2) is 0 Å². The molecule has 2 aromatic rings. The SMILES string of the molecule is NCc1ccccc1-c1conn1. The van der Waals surface area contributed by atoms with Crippen LogP contribution < -0.4 is 5.73 Å². The van der Waals surface area contributed by atoms with Gasteiger partial charge in [0.2, 0.25) is 0 Å². The van der Waals surface area contributed by atoms with Crippen molar-refractivity contribution in [1.82, 2.24) is 10.4 Å². The molecule has 0 amide bonds. The quantitative estimate of drug-likeness (QED) is 0.744. The van der Waals surface area contributed by atoms with Gasteiger partial charge in [0.15, 0.2) is 6.26 Å². The molecule has 66 valence electrons. The van der Waals surface area contributed by atoms with Crippen LogP contribution in [0.4, 0.5) is 0 Å². The average Bonchev–Trinajstić information content (AvgIpc) is 2.70. The maximum Gasteiger partial charge on any atom is 0.152 e. The van der Waals surface area contributed by atoms with E-state index in [-0.39, 0.29) is 0 Å². The largest absolute Gasteiger partial charge is 0.345 e. The molecule has 1 heterocycles. The summed E-state index contributed by atoms with van der Waals surface area (Å²) in [5, 5.41) is 7.23. The highest BCUT2D eigenvalue weighted by molar-refractivity contribution is 5.61. The Morgan fingerprint density at radius 2 is 2.15 bits per heavy atom. The molecule has 0 saturated heterocycles. The van der Waals surface area contributed by atoms with Crippen molar-refractivity contribution in [2.45, 2.75) is 6.54 Å². The highest BCUT2D eigenvalue weighted by atomic mass is 16.5. The van der Waals surface area contributed by atoms with Crippen LogP contribution in [0.15, 0.2) is 35.1 Å². The number of hydrogen-bond acceptors (Lipinski definition) is 4. The minimum atomic E-state index is 0.489. The van der Waals surface area contributed by atoms with Crippen LogP contribution in [0, 0.1) is 0 Å². The predicted octanol–water partition coefficient (Wildman–Crippen LogP) is 1.20. The first-order chi connectivity index (χ1) is 6.42. The molecule has 0 atom stereocenters. The van der Waals surface area contributed by atoms with E-state index < -0.39 is 0 Å². The van der Waals surface area contributed by atoms with Gasteiger partial charge in [0, 0.05) is 17.4 Å². The van der Waals surface area contributed by atoms with Crippen LogP contribution in [0.1, 0.15) is 5.56 Å². The van der Waals surface area contributed by atoms with E-state index in [1.54, 1.807) is 0 Å². The molecule has 2 rings (SSSR count). The Morgan fingerprint density at radius 3 is 2.85 bits per heavy atom. The van der Waals surface area contributed by atoms with Crippen LogP contribution >= 0.6 is 0 Å². The van der Waals surface area contributed by atoms with Gasteiger partial charge in [0.05, 0.1) is 0 Å². The lowest BCUT2D eigenvalue weighted by Gasteiger charge is -2.01. The van der Waals surface area contributed by atoms with Crippen LogP contribution in [0.2, 0.25) is 0 Å². The Balaban J connectivity index is 2.51. The highest BCUT2D eigenvalue weighted by Gasteiger charge is 2.05. The molecule has 0 fully saturated rings. The normalized spacial score (nSPS) is 10.2. The highest BCUT2D eigenvalue weighted by Crippen LogP contribution is 2.20. The van der Waals surface area contributed by atoms with E-state index in [4.69, 9.17) is 5.73 Å². The summed E-state index contributed by atoms with van der Waals surface area (Å²) in [4.78, 5) is 0. The molecule has 0 spiro atoms. The monoisotopic (exact) mass is 175 g/mol. The van der Waals surface area contributed by atoms with Gasteiger partial charge in [-0.05, 0) is 5.56 Å². The molecule has 0 aliphatic carbocycles. The first-order valence-electron chi connectivity index (χ1n) is 3.97. The zero-order valence-corrected chi connectivity index (χ0v) is 6.97. The Kier molecular flexibility index (Phi) is 2.06. The number of hydrogen-bond donors (Lipinski definition) is 1. The minimum absolute atomic E-state index is 0.489. The van der Waals surface area contributed by atoms with E-state index in [1.165, 1.54) is 6.26 Å². The van der Waals surface area contributed by atoms with E-state index in [9.17, 15) is 0 Å². The molecule has 4 heteroatoms. The van der Waals surface area contributed by atoms with Gasteiger partial charge in [0.1, 0.15) is 5.69 Å². The van der Waals surface area contributed by atoms with Crippen molar-refractivity contribution in [3.05, 3.63) is 36.1 Å². The Bertz CT molecular complexity index is 384. The predicted molar refractivity (Wildman–Crippen MR) is 47.6 cm³/mol. The van der Waals surface area contributed by atoms with Crippen molar-refractivity contribution in [1.29, 1.82) is 0 Å².